The normalized spacial score (nSPS) is 37.4. The Morgan fingerprint density at radius 1 is 1.28 bits per heavy atom. The summed E-state index contributed by atoms with van der Waals surface area (Å²) in [5, 5.41) is 27.7. The van der Waals surface area contributed by atoms with E-state index in [0.717, 1.165) is 7.11 Å². The molecule has 0 saturated carbocycles. The first-order valence-corrected chi connectivity index (χ1v) is 5.96. The van der Waals surface area contributed by atoms with Crippen molar-refractivity contribution in [2.24, 2.45) is 0 Å². The molecule has 0 aromatic heterocycles. The van der Waals surface area contributed by atoms with Crippen molar-refractivity contribution in [3.63, 3.8) is 0 Å². The van der Waals surface area contributed by atoms with Gasteiger partial charge in [0.25, 0.3) is 0 Å². The molecule has 1 fully saturated rings. The highest BCUT2D eigenvalue weighted by molar-refractivity contribution is 7.80. The predicted octanol–water partition coefficient (Wildman–Crippen LogP) is -2.65. The molecule has 5 atom stereocenters. The highest BCUT2D eigenvalue weighted by Gasteiger charge is 2.50. The van der Waals surface area contributed by atoms with E-state index in [1.807, 2.05) is 0 Å². The van der Waals surface area contributed by atoms with Gasteiger partial charge < -0.3 is 24.8 Å². The van der Waals surface area contributed by atoms with Crippen LogP contribution in [0.25, 0.3) is 0 Å². The van der Waals surface area contributed by atoms with Crippen LogP contribution in [0, 0.1) is 0 Å². The van der Waals surface area contributed by atoms with E-state index >= 15 is 0 Å². The van der Waals surface area contributed by atoms with Crippen LogP contribution >= 0.6 is 0 Å². The van der Waals surface area contributed by atoms with Crippen molar-refractivity contribution in [1.29, 1.82) is 0 Å². The molecular formula is C7H12O10S. The number of hydrogen-bond acceptors (Lipinski definition) is 8. The van der Waals surface area contributed by atoms with Crippen molar-refractivity contribution in [2.75, 3.05) is 7.11 Å². The van der Waals surface area contributed by atoms with Crippen molar-refractivity contribution in [1.82, 2.24) is 0 Å². The molecule has 4 N–H and O–H groups in total. The van der Waals surface area contributed by atoms with Gasteiger partial charge in [-0.1, -0.05) is 0 Å². The Labute approximate surface area is 102 Å². The first-order valence-electron chi connectivity index (χ1n) is 4.60. The van der Waals surface area contributed by atoms with Gasteiger partial charge in [0, 0.05) is 7.11 Å². The summed E-state index contributed by atoms with van der Waals surface area (Å²) in [4.78, 5) is 10.8. The SMILES string of the molecule is CO[C@H]1C(C(=O)O)O[C@@H](O)C(OS(=O)(=O)O)[C@H]1O. The summed E-state index contributed by atoms with van der Waals surface area (Å²) in [6, 6.07) is 0. The van der Waals surface area contributed by atoms with E-state index in [2.05, 4.69) is 13.7 Å². The second kappa shape index (κ2) is 5.44. The van der Waals surface area contributed by atoms with Crippen LogP contribution in [0.4, 0.5) is 0 Å². The molecule has 1 aliphatic heterocycles. The Hall–Kier alpha value is -0.820. The number of carboxylic acid groups (broad SMARTS) is 1. The molecule has 2 unspecified atom stereocenters. The molecule has 18 heavy (non-hydrogen) atoms. The summed E-state index contributed by atoms with van der Waals surface area (Å²) in [6.07, 6.45) is -8.98. The van der Waals surface area contributed by atoms with E-state index in [4.69, 9.17) is 9.66 Å². The molecule has 0 radical (unpaired) electrons. The van der Waals surface area contributed by atoms with E-state index in [0.29, 0.717) is 0 Å². The summed E-state index contributed by atoms with van der Waals surface area (Å²) >= 11 is 0. The van der Waals surface area contributed by atoms with Crippen molar-refractivity contribution in [2.45, 2.75) is 30.7 Å². The lowest BCUT2D eigenvalue weighted by Crippen LogP contribution is -2.61. The van der Waals surface area contributed by atoms with Gasteiger partial charge in [0.2, 0.25) is 0 Å². The third-order valence-electron chi connectivity index (χ3n) is 2.29. The van der Waals surface area contributed by atoms with E-state index in [9.17, 15) is 23.4 Å². The second-order valence-corrected chi connectivity index (χ2v) is 4.51. The third kappa shape index (κ3) is 3.35. The maximum absolute atomic E-state index is 10.8. The average Bonchev–Trinajstić information content (AvgIpc) is 2.22. The van der Waals surface area contributed by atoms with E-state index < -0.39 is 47.1 Å². The van der Waals surface area contributed by atoms with Gasteiger partial charge in [-0.3, -0.25) is 4.55 Å². The van der Waals surface area contributed by atoms with Crippen molar-refractivity contribution < 1.29 is 46.7 Å². The molecule has 0 bridgehead atoms. The summed E-state index contributed by atoms with van der Waals surface area (Å²) in [6.45, 7) is 0. The number of aliphatic hydroxyl groups excluding tert-OH is 2. The third-order valence-corrected chi connectivity index (χ3v) is 2.75. The van der Waals surface area contributed by atoms with E-state index in [1.165, 1.54) is 0 Å². The number of hydrogen-bond donors (Lipinski definition) is 4. The Morgan fingerprint density at radius 3 is 2.22 bits per heavy atom. The predicted molar refractivity (Wildman–Crippen MR) is 51.7 cm³/mol. The molecule has 0 amide bonds. The van der Waals surface area contributed by atoms with Crippen LogP contribution < -0.4 is 0 Å². The minimum atomic E-state index is -4.96. The number of methoxy groups -OCH3 is 1. The van der Waals surface area contributed by atoms with Crippen molar-refractivity contribution in [3.05, 3.63) is 0 Å². The summed E-state index contributed by atoms with van der Waals surface area (Å²) in [7, 11) is -3.91. The van der Waals surface area contributed by atoms with Crippen LogP contribution in [0.15, 0.2) is 0 Å². The molecule has 0 aromatic carbocycles. The molecule has 0 spiro atoms. The maximum Gasteiger partial charge on any atom is 0.397 e. The number of aliphatic carboxylic acids is 1. The molecule has 106 valence electrons. The average molecular weight is 288 g/mol. The van der Waals surface area contributed by atoms with Crippen molar-refractivity contribution in [3.8, 4) is 0 Å². The lowest BCUT2D eigenvalue weighted by atomic mass is 9.99. The van der Waals surface area contributed by atoms with Gasteiger partial charge in [0.15, 0.2) is 18.5 Å². The Morgan fingerprint density at radius 2 is 1.83 bits per heavy atom. The molecule has 1 heterocycles. The lowest BCUT2D eigenvalue weighted by Gasteiger charge is -2.39. The molecule has 0 aromatic rings. The molecule has 10 nitrogen and oxygen atoms in total. The number of carbonyl (C=O) groups is 1. The first-order chi connectivity index (χ1) is 8.17. The summed E-state index contributed by atoms with van der Waals surface area (Å²) in [5.41, 5.74) is 0. The van der Waals surface area contributed by atoms with E-state index in [1.54, 1.807) is 0 Å². The zero-order valence-corrected chi connectivity index (χ0v) is 9.85. The van der Waals surface area contributed by atoms with Gasteiger partial charge >= 0.3 is 16.4 Å². The molecule has 1 rings (SSSR count). The Kier molecular flexibility index (Phi) is 4.61. The van der Waals surface area contributed by atoms with Crippen molar-refractivity contribution >= 4 is 16.4 Å². The number of rotatable bonds is 4. The molecule has 1 saturated heterocycles. The Bertz CT molecular complexity index is 404. The van der Waals surface area contributed by atoms with Crippen LogP contribution in [0.5, 0.6) is 0 Å². The highest BCUT2D eigenvalue weighted by Crippen LogP contribution is 2.25. The smallest absolute Gasteiger partial charge is 0.397 e. The fourth-order valence-electron chi connectivity index (χ4n) is 1.55. The van der Waals surface area contributed by atoms with Crippen LogP contribution in [-0.4, -0.2) is 72.1 Å². The number of aliphatic hydroxyl groups is 2. The van der Waals surface area contributed by atoms with Gasteiger partial charge in [0.1, 0.15) is 12.2 Å². The maximum atomic E-state index is 10.8. The quantitative estimate of drug-likeness (QED) is 0.402. The van der Waals surface area contributed by atoms with Crippen LogP contribution in [0.1, 0.15) is 0 Å². The summed E-state index contributed by atoms with van der Waals surface area (Å²) in [5.74, 6) is -1.52. The van der Waals surface area contributed by atoms with Gasteiger partial charge in [0.05, 0.1) is 0 Å². The topological polar surface area (TPSA) is 160 Å². The minimum Gasteiger partial charge on any atom is -0.479 e. The number of ether oxygens (including phenoxy) is 2. The largest absolute Gasteiger partial charge is 0.479 e. The Balaban J connectivity index is 2.94. The first kappa shape index (κ1) is 15.2. The zero-order chi connectivity index (χ0) is 14.1. The molecule has 11 heteroatoms. The van der Waals surface area contributed by atoms with Gasteiger partial charge in [-0.05, 0) is 0 Å². The monoisotopic (exact) mass is 288 g/mol. The number of carboxylic acids is 1. The fourth-order valence-corrected chi connectivity index (χ4v) is 2.04. The molecular weight excluding hydrogens is 276 g/mol. The minimum absolute atomic E-state index is 1.05. The zero-order valence-electron chi connectivity index (χ0n) is 9.03. The molecule has 0 aliphatic carbocycles. The standard InChI is InChI=1S/C7H12O10S/c1-15-3-2(8)4(17-18(12,13)14)7(11)16-5(3)6(9)10/h2-5,7-8,11H,1H3,(H,9,10)(H,12,13,14)/t2-,3+,4?,5?,7+/m0/s1. The molecule has 1 aliphatic rings. The summed E-state index contributed by atoms with van der Waals surface area (Å²) < 4.78 is 42.6. The van der Waals surface area contributed by atoms with Gasteiger partial charge in [-0.15, -0.1) is 0 Å². The van der Waals surface area contributed by atoms with Gasteiger partial charge in [-0.2, -0.15) is 8.42 Å². The van der Waals surface area contributed by atoms with Gasteiger partial charge in [-0.25, -0.2) is 8.98 Å². The van der Waals surface area contributed by atoms with Crippen LogP contribution in [0.2, 0.25) is 0 Å². The fraction of sp³-hybridized carbons (Fsp3) is 0.857. The van der Waals surface area contributed by atoms with Crippen LogP contribution in [0.3, 0.4) is 0 Å². The highest BCUT2D eigenvalue weighted by atomic mass is 32.3. The van der Waals surface area contributed by atoms with E-state index in [-0.39, 0.29) is 0 Å². The second-order valence-electron chi connectivity index (χ2n) is 3.46. The van der Waals surface area contributed by atoms with Crippen LogP contribution in [-0.2, 0) is 28.9 Å². The lowest BCUT2D eigenvalue weighted by molar-refractivity contribution is -0.278.